The fourth-order valence-electron chi connectivity index (χ4n) is 1.53. The van der Waals surface area contributed by atoms with E-state index in [0.717, 1.165) is 12.5 Å². The van der Waals surface area contributed by atoms with Gasteiger partial charge in [0.05, 0.1) is 6.54 Å². The van der Waals surface area contributed by atoms with E-state index < -0.39 is 0 Å². The number of benzene rings is 1. The lowest BCUT2D eigenvalue weighted by molar-refractivity contribution is 0.501. The lowest BCUT2D eigenvalue weighted by atomic mass is 10.1. The van der Waals surface area contributed by atoms with Gasteiger partial charge in [-0.05, 0) is 40.2 Å². The Morgan fingerprint density at radius 2 is 1.78 bits per heavy atom. The van der Waals surface area contributed by atoms with Crippen molar-refractivity contribution in [3.63, 3.8) is 0 Å². The Balaban J connectivity index is 2.67. The van der Waals surface area contributed by atoms with E-state index in [1.54, 1.807) is 0 Å². The van der Waals surface area contributed by atoms with Gasteiger partial charge in [0.15, 0.2) is 5.96 Å². The first kappa shape index (κ1) is 14.6. The van der Waals surface area contributed by atoms with Crippen molar-refractivity contribution in [1.29, 1.82) is 0 Å². The lowest BCUT2D eigenvalue weighted by Gasteiger charge is -2.23. The van der Waals surface area contributed by atoms with Gasteiger partial charge in [-0.3, -0.25) is 0 Å². The van der Waals surface area contributed by atoms with Crippen molar-refractivity contribution in [3.05, 3.63) is 35.4 Å². The number of nitrogens with one attached hydrogen (secondary N) is 2. The summed E-state index contributed by atoms with van der Waals surface area (Å²) in [5, 5.41) is 6.64. The third-order valence-corrected chi connectivity index (χ3v) is 2.38. The third kappa shape index (κ3) is 5.71. The Morgan fingerprint density at radius 3 is 2.28 bits per heavy atom. The number of nitrogens with zero attached hydrogens (tertiary/aromatic N) is 1. The summed E-state index contributed by atoms with van der Waals surface area (Å²) in [6, 6.07) is 8.49. The van der Waals surface area contributed by atoms with Crippen LogP contribution >= 0.6 is 0 Å². The Kier molecular flexibility index (Phi) is 5.20. The normalized spacial score (nSPS) is 12.4. The van der Waals surface area contributed by atoms with E-state index >= 15 is 0 Å². The second-order valence-corrected chi connectivity index (χ2v) is 5.56. The molecule has 0 atom stereocenters. The van der Waals surface area contributed by atoms with Crippen LogP contribution in [0, 0.1) is 6.92 Å². The van der Waals surface area contributed by atoms with Crippen LogP contribution in [0.15, 0.2) is 29.3 Å². The predicted molar refractivity (Wildman–Crippen MR) is 78.9 cm³/mol. The van der Waals surface area contributed by atoms with Gasteiger partial charge in [0.1, 0.15) is 0 Å². The molecule has 0 aliphatic heterocycles. The number of aryl methyl sites for hydroxylation is 1. The molecule has 0 aliphatic carbocycles. The molecule has 0 aromatic heterocycles. The summed E-state index contributed by atoms with van der Waals surface area (Å²) in [5.74, 6) is 0.866. The van der Waals surface area contributed by atoms with E-state index in [1.807, 2.05) is 0 Å². The van der Waals surface area contributed by atoms with Gasteiger partial charge >= 0.3 is 0 Å². The van der Waals surface area contributed by atoms with E-state index in [1.165, 1.54) is 11.1 Å². The predicted octanol–water partition coefficient (Wildman–Crippen LogP) is 2.85. The van der Waals surface area contributed by atoms with Gasteiger partial charge in [-0.1, -0.05) is 29.8 Å². The second kappa shape index (κ2) is 6.43. The molecule has 0 heterocycles. The molecule has 1 aromatic carbocycles. The largest absolute Gasteiger partial charge is 0.357 e. The number of hydrogen-bond donors (Lipinski definition) is 2. The summed E-state index contributed by atoms with van der Waals surface area (Å²) in [7, 11) is 0. The Morgan fingerprint density at radius 1 is 1.17 bits per heavy atom. The summed E-state index contributed by atoms with van der Waals surface area (Å²) in [4.78, 5) is 4.59. The van der Waals surface area contributed by atoms with Gasteiger partial charge < -0.3 is 10.6 Å². The minimum Gasteiger partial charge on any atom is -0.357 e. The molecule has 1 rings (SSSR count). The van der Waals surface area contributed by atoms with Crippen LogP contribution in [0.3, 0.4) is 0 Å². The van der Waals surface area contributed by atoms with Crippen LogP contribution in [-0.2, 0) is 6.54 Å². The number of aliphatic imine (C=N–C) groups is 1. The molecule has 0 radical (unpaired) electrons. The maximum atomic E-state index is 4.59. The van der Waals surface area contributed by atoms with Crippen molar-refractivity contribution in [1.82, 2.24) is 10.6 Å². The Hall–Kier alpha value is -1.51. The van der Waals surface area contributed by atoms with E-state index in [0.29, 0.717) is 6.54 Å². The monoisotopic (exact) mass is 247 g/mol. The maximum Gasteiger partial charge on any atom is 0.191 e. The molecule has 0 amide bonds. The molecule has 0 spiro atoms. The molecule has 100 valence electrons. The van der Waals surface area contributed by atoms with Gasteiger partial charge in [-0.15, -0.1) is 0 Å². The number of hydrogen-bond acceptors (Lipinski definition) is 1. The Labute approximate surface area is 111 Å². The topological polar surface area (TPSA) is 36.4 Å². The summed E-state index contributed by atoms with van der Waals surface area (Å²) in [6.45, 7) is 12.1. The SMILES string of the molecule is CCNC(=NCc1ccc(C)cc1)NC(C)(C)C. The van der Waals surface area contributed by atoms with E-state index in [9.17, 15) is 0 Å². The van der Waals surface area contributed by atoms with Crippen molar-refractivity contribution in [3.8, 4) is 0 Å². The third-order valence-electron chi connectivity index (χ3n) is 2.38. The molecule has 0 fully saturated rings. The average molecular weight is 247 g/mol. The van der Waals surface area contributed by atoms with Crippen LogP contribution in [0.1, 0.15) is 38.8 Å². The maximum absolute atomic E-state index is 4.59. The van der Waals surface area contributed by atoms with Crippen molar-refractivity contribution < 1.29 is 0 Å². The summed E-state index contributed by atoms with van der Waals surface area (Å²) < 4.78 is 0. The second-order valence-electron chi connectivity index (χ2n) is 5.56. The zero-order valence-electron chi connectivity index (χ0n) is 12.2. The first-order chi connectivity index (χ1) is 8.40. The van der Waals surface area contributed by atoms with Crippen LogP contribution in [0.2, 0.25) is 0 Å². The molecule has 1 aromatic rings. The molecule has 18 heavy (non-hydrogen) atoms. The fourth-order valence-corrected chi connectivity index (χ4v) is 1.53. The number of rotatable bonds is 3. The minimum absolute atomic E-state index is 0.0221. The van der Waals surface area contributed by atoms with Crippen molar-refractivity contribution in [2.24, 2.45) is 4.99 Å². The molecule has 0 saturated carbocycles. The smallest absolute Gasteiger partial charge is 0.191 e. The van der Waals surface area contributed by atoms with Crippen LogP contribution in [0.25, 0.3) is 0 Å². The average Bonchev–Trinajstić information content (AvgIpc) is 2.26. The van der Waals surface area contributed by atoms with Crippen molar-refractivity contribution in [2.45, 2.75) is 46.7 Å². The van der Waals surface area contributed by atoms with Gasteiger partial charge in [0.2, 0.25) is 0 Å². The first-order valence-electron chi connectivity index (χ1n) is 6.53. The van der Waals surface area contributed by atoms with Crippen molar-refractivity contribution >= 4 is 5.96 Å². The van der Waals surface area contributed by atoms with E-state index in [4.69, 9.17) is 0 Å². The highest BCUT2D eigenvalue weighted by Crippen LogP contribution is 2.05. The number of guanidine groups is 1. The van der Waals surface area contributed by atoms with Crippen molar-refractivity contribution in [2.75, 3.05) is 6.54 Å². The fraction of sp³-hybridized carbons (Fsp3) is 0.533. The Bertz CT molecular complexity index is 385. The zero-order valence-corrected chi connectivity index (χ0v) is 12.2. The van der Waals surface area contributed by atoms with E-state index in [2.05, 4.69) is 74.5 Å². The highest BCUT2D eigenvalue weighted by molar-refractivity contribution is 5.80. The molecule has 0 unspecified atom stereocenters. The molecule has 0 saturated heterocycles. The molecule has 0 bridgehead atoms. The van der Waals surface area contributed by atoms with Crippen LogP contribution in [0.4, 0.5) is 0 Å². The molecule has 3 heteroatoms. The molecule has 0 aliphatic rings. The quantitative estimate of drug-likeness (QED) is 0.636. The lowest BCUT2D eigenvalue weighted by Crippen LogP contribution is -2.47. The molecule has 3 nitrogen and oxygen atoms in total. The van der Waals surface area contributed by atoms with Gasteiger partial charge in [0, 0.05) is 12.1 Å². The van der Waals surface area contributed by atoms with Gasteiger partial charge in [0.25, 0.3) is 0 Å². The molecular weight excluding hydrogens is 222 g/mol. The van der Waals surface area contributed by atoms with Crippen LogP contribution in [-0.4, -0.2) is 18.0 Å². The van der Waals surface area contributed by atoms with E-state index in [-0.39, 0.29) is 5.54 Å². The first-order valence-corrected chi connectivity index (χ1v) is 6.53. The standard InChI is InChI=1S/C15H25N3/c1-6-16-14(18-15(3,4)5)17-11-13-9-7-12(2)8-10-13/h7-10H,6,11H2,1-5H3,(H2,16,17,18). The molecule has 2 N–H and O–H groups in total. The highest BCUT2D eigenvalue weighted by Gasteiger charge is 2.11. The summed E-state index contributed by atoms with van der Waals surface area (Å²) in [5.41, 5.74) is 2.53. The van der Waals surface area contributed by atoms with Gasteiger partial charge in [-0.25, -0.2) is 4.99 Å². The summed E-state index contributed by atoms with van der Waals surface area (Å²) >= 11 is 0. The highest BCUT2D eigenvalue weighted by atomic mass is 15.2. The summed E-state index contributed by atoms with van der Waals surface area (Å²) in [6.07, 6.45) is 0. The molecular formula is C15H25N3. The van der Waals surface area contributed by atoms with Gasteiger partial charge in [-0.2, -0.15) is 0 Å². The van der Waals surface area contributed by atoms with Crippen LogP contribution < -0.4 is 10.6 Å². The zero-order chi connectivity index (χ0) is 13.6. The minimum atomic E-state index is 0.0221. The van der Waals surface area contributed by atoms with Crippen LogP contribution in [0.5, 0.6) is 0 Å².